The van der Waals surface area contributed by atoms with Crippen molar-refractivity contribution in [3.8, 4) is 11.5 Å². The lowest BCUT2D eigenvalue weighted by Crippen LogP contribution is -2.35. The van der Waals surface area contributed by atoms with Gasteiger partial charge in [0.25, 0.3) is 11.8 Å². The number of carboxylic acids is 1. The third-order valence-electron chi connectivity index (χ3n) is 10.5. The van der Waals surface area contributed by atoms with Crippen molar-refractivity contribution in [2.45, 2.75) is 78.7 Å². The molecule has 1 aliphatic heterocycles. The minimum atomic E-state index is -1.18. The molecule has 2 aromatic carbocycles. The number of anilines is 2. The second-order valence-electron chi connectivity index (χ2n) is 15.0. The van der Waals surface area contributed by atoms with Gasteiger partial charge >= 0.3 is 5.97 Å². The van der Waals surface area contributed by atoms with E-state index >= 15 is 0 Å². The molecule has 22 nitrogen and oxygen atoms in total. The number of nitrogens with zero attached hydrogens (tertiary/aromatic N) is 8. The van der Waals surface area contributed by atoms with Gasteiger partial charge < -0.3 is 45.7 Å². The van der Waals surface area contributed by atoms with E-state index in [4.69, 9.17) is 46.5 Å². The average molecular weight is 868 g/mol. The van der Waals surface area contributed by atoms with E-state index in [2.05, 4.69) is 20.8 Å². The Labute approximate surface area is 359 Å². The summed E-state index contributed by atoms with van der Waals surface area (Å²) in [6.45, 7) is 8.73. The van der Waals surface area contributed by atoms with Crippen LogP contribution in [0.15, 0.2) is 36.4 Å². The predicted octanol–water partition coefficient (Wildman–Crippen LogP) is 2.75. The SMILES string of the molecule is CCn1nc(C)cc1C(=O)Nc1nc2cc(C(N)=O)cc(OCCCOC[C@H](N)C(=O)O)c2n1CCC[C@H]1COc2cc(C(N)=O)cc3nc(NC(=O)c4cc(C)nn4CC)n1c23. The second kappa shape index (κ2) is 18.3. The molecule has 6 aromatic rings. The van der Waals surface area contributed by atoms with Crippen LogP contribution in [-0.4, -0.2) is 106 Å². The number of imidazole rings is 2. The molecule has 5 heterocycles. The summed E-state index contributed by atoms with van der Waals surface area (Å²) in [5.41, 5.74) is 21.0. The molecule has 22 heteroatoms. The molecule has 4 amide bonds. The minimum Gasteiger partial charge on any atom is -0.491 e. The number of amides is 4. The Morgan fingerprint density at radius 1 is 0.825 bits per heavy atom. The van der Waals surface area contributed by atoms with Gasteiger partial charge in [-0.1, -0.05) is 0 Å². The molecule has 0 fully saturated rings. The number of aromatic nitrogens is 8. The summed E-state index contributed by atoms with van der Waals surface area (Å²) in [5.74, 6) is -2.40. The van der Waals surface area contributed by atoms with Crippen molar-refractivity contribution in [2.75, 3.05) is 37.1 Å². The maximum absolute atomic E-state index is 13.8. The van der Waals surface area contributed by atoms with Gasteiger partial charge in [0, 0.05) is 43.8 Å². The molecular formula is C41H49N13O9. The van der Waals surface area contributed by atoms with E-state index in [1.165, 1.54) is 12.1 Å². The maximum Gasteiger partial charge on any atom is 0.322 e. The summed E-state index contributed by atoms with van der Waals surface area (Å²) in [5, 5.41) is 23.8. The van der Waals surface area contributed by atoms with E-state index in [1.807, 2.05) is 18.4 Å². The number of carbonyl (C=O) groups excluding carboxylic acids is 4. The van der Waals surface area contributed by atoms with Crippen molar-refractivity contribution in [2.24, 2.45) is 17.2 Å². The van der Waals surface area contributed by atoms with Gasteiger partial charge in [-0.05, 0) is 76.9 Å². The van der Waals surface area contributed by atoms with Crippen molar-refractivity contribution in [1.29, 1.82) is 0 Å². The minimum absolute atomic E-state index is 0.0987. The van der Waals surface area contributed by atoms with E-state index in [0.29, 0.717) is 82.9 Å². The van der Waals surface area contributed by atoms with Crippen LogP contribution in [-0.2, 0) is 29.2 Å². The molecule has 0 spiro atoms. The molecule has 0 unspecified atom stereocenters. The van der Waals surface area contributed by atoms with E-state index < -0.39 is 35.6 Å². The summed E-state index contributed by atoms with van der Waals surface area (Å²) >= 11 is 0. The maximum atomic E-state index is 13.8. The van der Waals surface area contributed by atoms with Gasteiger partial charge in [-0.15, -0.1) is 0 Å². The van der Waals surface area contributed by atoms with Crippen LogP contribution in [0.1, 0.15) is 92.2 Å². The Morgan fingerprint density at radius 3 is 2.02 bits per heavy atom. The highest BCUT2D eigenvalue weighted by molar-refractivity contribution is 6.05. The fraction of sp³-hybridized carbons (Fsp3) is 0.390. The molecule has 0 saturated heterocycles. The first kappa shape index (κ1) is 43.7. The van der Waals surface area contributed by atoms with Crippen molar-refractivity contribution >= 4 is 63.6 Å². The number of aryl methyl sites for hydroxylation is 5. The van der Waals surface area contributed by atoms with E-state index in [-0.39, 0.29) is 67.8 Å². The van der Waals surface area contributed by atoms with Crippen LogP contribution in [0, 0.1) is 13.8 Å². The third kappa shape index (κ3) is 9.16. The number of benzene rings is 2. The van der Waals surface area contributed by atoms with Crippen molar-refractivity contribution in [1.82, 2.24) is 38.7 Å². The van der Waals surface area contributed by atoms with E-state index in [0.717, 1.165) is 0 Å². The van der Waals surface area contributed by atoms with Gasteiger partial charge in [-0.3, -0.25) is 44.0 Å². The number of nitrogens with two attached hydrogens (primary N) is 3. The monoisotopic (exact) mass is 867 g/mol. The van der Waals surface area contributed by atoms with Gasteiger partial charge in [0.1, 0.15) is 46.6 Å². The number of hydrogen-bond acceptors (Lipinski definition) is 13. The quantitative estimate of drug-likeness (QED) is 0.0602. The third-order valence-corrected chi connectivity index (χ3v) is 10.5. The topological polar surface area (TPSA) is 307 Å². The standard InChI is InChI=1S/C41H49N13O9/c1-5-52-29(13-21(3)49-52)37(57)47-40-45-27-15-23(35(43)55)17-31(62-12-8-11-61-20-26(42)39(59)60)33(27)51(40)10-7-9-25-19-63-32-18-24(36(44)56)16-28-34(32)54(25)41(46-28)48-38(58)30-14-22(4)50-53(30)6-2/h13-18,25-26H,5-12,19-20,42H2,1-4H3,(H2,43,55)(H2,44,56)(H,59,60)(H,45,47,57)(H,46,48,58)/t25-,26-/m0/s1. The van der Waals surface area contributed by atoms with Gasteiger partial charge in [-0.25, -0.2) is 9.97 Å². The first-order valence-corrected chi connectivity index (χ1v) is 20.4. The number of fused-ring (bicyclic) bond motifs is 1. The number of nitrogens with one attached hydrogen (secondary N) is 2. The zero-order chi connectivity index (χ0) is 45.1. The van der Waals surface area contributed by atoms with Crippen LogP contribution in [0.5, 0.6) is 11.5 Å². The molecule has 63 heavy (non-hydrogen) atoms. The smallest absolute Gasteiger partial charge is 0.322 e. The lowest BCUT2D eigenvalue weighted by Gasteiger charge is -2.27. The van der Waals surface area contributed by atoms with Crippen LogP contribution in [0.3, 0.4) is 0 Å². The number of carboxylic acid groups (broad SMARTS) is 1. The van der Waals surface area contributed by atoms with E-state index in [9.17, 15) is 24.0 Å². The molecule has 0 saturated carbocycles. The van der Waals surface area contributed by atoms with Gasteiger partial charge in [0.15, 0.2) is 0 Å². The van der Waals surface area contributed by atoms with Crippen molar-refractivity contribution in [3.05, 3.63) is 70.3 Å². The number of hydrogen-bond donors (Lipinski definition) is 6. The van der Waals surface area contributed by atoms with Crippen LogP contribution < -0.4 is 37.3 Å². The Morgan fingerprint density at radius 2 is 1.41 bits per heavy atom. The first-order valence-electron chi connectivity index (χ1n) is 20.4. The largest absolute Gasteiger partial charge is 0.491 e. The Bertz CT molecular complexity index is 2750. The summed E-state index contributed by atoms with van der Waals surface area (Å²) in [7, 11) is 0. The number of primary amides is 2. The average Bonchev–Trinajstić information content (AvgIpc) is 4.02. The zero-order valence-corrected chi connectivity index (χ0v) is 35.2. The molecule has 2 atom stereocenters. The van der Waals surface area contributed by atoms with Gasteiger partial charge in [-0.2, -0.15) is 10.2 Å². The zero-order valence-electron chi connectivity index (χ0n) is 35.2. The normalized spacial score (nSPS) is 13.8. The van der Waals surface area contributed by atoms with E-state index in [1.54, 1.807) is 52.0 Å². The van der Waals surface area contributed by atoms with Crippen molar-refractivity contribution < 1.29 is 43.3 Å². The highest BCUT2D eigenvalue weighted by Gasteiger charge is 2.30. The van der Waals surface area contributed by atoms with Crippen molar-refractivity contribution in [3.63, 3.8) is 0 Å². The van der Waals surface area contributed by atoms with Crippen LogP contribution in [0.25, 0.3) is 22.1 Å². The predicted molar refractivity (Wildman–Crippen MR) is 228 cm³/mol. The number of rotatable bonds is 20. The molecule has 332 valence electrons. The van der Waals surface area contributed by atoms with Crippen LogP contribution in [0.2, 0.25) is 0 Å². The highest BCUT2D eigenvalue weighted by Crippen LogP contribution is 2.39. The molecule has 1 aliphatic rings. The summed E-state index contributed by atoms with van der Waals surface area (Å²) in [6.07, 6.45) is 1.25. The number of aliphatic carboxylic acids is 1. The molecule has 0 bridgehead atoms. The fourth-order valence-corrected chi connectivity index (χ4v) is 7.54. The van der Waals surface area contributed by atoms with Gasteiger partial charge in [0.2, 0.25) is 23.7 Å². The van der Waals surface area contributed by atoms with Crippen LogP contribution in [0.4, 0.5) is 11.9 Å². The molecule has 4 aromatic heterocycles. The molecule has 0 aliphatic carbocycles. The summed E-state index contributed by atoms with van der Waals surface area (Å²) in [4.78, 5) is 72.9. The molecule has 0 radical (unpaired) electrons. The highest BCUT2D eigenvalue weighted by atomic mass is 16.5. The Balaban J connectivity index is 1.21. The molecule has 7 rings (SSSR count). The Hall–Kier alpha value is -7.33. The first-order chi connectivity index (χ1) is 30.2. The van der Waals surface area contributed by atoms with Crippen LogP contribution >= 0.6 is 0 Å². The van der Waals surface area contributed by atoms with Gasteiger partial charge in [0.05, 0.1) is 41.7 Å². The lowest BCUT2D eigenvalue weighted by atomic mass is 10.1. The molecule has 9 N–H and O–H groups in total. The fourth-order valence-electron chi connectivity index (χ4n) is 7.54. The Kier molecular flexibility index (Phi) is 12.7. The summed E-state index contributed by atoms with van der Waals surface area (Å²) in [6, 6.07) is 7.93. The lowest BCUT2D eigenvalue weighted by molar-refractivity contribution is -0.140. The number of carbonyl (C=O) groups is 5. The second-order valence-corrected chi connectivity index (χ2v) is 15.0. The molecular weight excluding hydrogens is 819 g/mol. The summed E-state index contributed by atoms with van der Waals surface area (Å²) < 4.78 is 24.7. The number of ether oxygens (including phenoxy) is 3.